The lowest BCUT2D eigenvalue weighted by molar-refractivity contribution is -0.116. The minimum absolute atomic E-state index is 0.148. The highest BCUT2D eigenvalue weighted by Gasteiger charge is 2.17. The summed E-state index contributed by atoms with van der Waals surface area (Å²) in [5.74, 6) is -0.178. The monoisotopic (exact) mass is 407 g/mol. The van der Waals surface area contributed by atoms with Crippen molar-refractivity contribution in [3.8, 4) is 5.69 Å². The molecule has 0 bridgehead atoms. The number of nitrogens with zero attached hydrogens (tertiary/aromatic N) is 4. The fourth-order valence-corrected chi connectivity index (χ4v) is 4.14. The first-order valence-electron chi connectivity index (χ1n) is 9.31. The first-order chi connectivity index (χ1) is 13.9. The van der Waals surface area contributed by atoms with Crippen molar-refractivity contribution >= 4 is 33.4 Å². The Bertz CT molecular complexity index is 1250. The molecule has 0 spiro atoms. The third-order valence-electron chi connectivity index (χ3n) is 4.72. The Balaban J connectivity index is 1.72. The number of rotatable bonds is 5. The maximum absolute atomic E-state index is 12.8. The maximum atomic E-state index is 12.8. The van der Waals surface area contributed by atoms with Gasteiger partial charge in [0, 0.05) is 29.8 Å². The summed E-state index contributed by atoms with van der Waals surface area (Å²) < 4.78 is 3.41. The van der Waals surface area contributed by atoms with Crippen LogP contribution >= 0.6 is 11.3 Å². The third-order valence-corrected chi connectivity index (χ3v) is 5.60. The van der Waals surface area contributed by atoms with E-state index >= 15 is 0 Å². The molecule has 0 aliphatic carbocycles. The van der Waals surface area contributed by atoms with Crippen LogP contribution in [0, 0.1) is 20.8 Å². The highest BCUT2D eigenvalue weighted by atomic mass is 32.1. The van der Waals surface area contributed by atoms with E-state index in [9.17, 15) is 9.59 Å². The summed E-state index contributed by atoms with van der Waals surface area (Å²) >= 11 is 1.38. The van der Waals surface area contributed by atoms with Gasteiger partial charge in [-0.15, -0.1) is 11.3 Å². The van der Waals surface area contributed by atoms with E-state index in [4.69, 9.17) is 0 Å². The van der Waals surface area contributed by atoms with Gasteiger partial charge in [0.25, 0.3) is 5.56 Å². The van der Waals surface area contributed by atoms with E-state index in [-0.39, 0.29) is 24.4 Å². The first kappa shape index (κ1) is 19.1. The number of anilines is 1. The van der Waals surface area contributed by atoms with Gasteiger partial charge in [0.1, 0.15) is 5.65 Å². The molecule has 0 aliphatic rings. The standard InChI is InChI=1S/C21H21N5O2S/c1-13-11-18(28)25(10-9-17(27)23-21-22-14(2)12-29-21)20-19(13)15(3)24-26(20)16-7-5-4-6-8-16/h4-8,11-12H,9-10H2,1-3H3,(H,22,23,27). The highest BCUT2D eigenvalue weighted by molar-refractivity contribution is 7.13. The zero-order valence-electron chi connectivity index (χ0n) is 16.5. The molecule has 7 nitrogen and oxygen atoms in total. The van der Waals surface area contributed by atoms with Crippen LogP contribution in [-0.4, -0.2) is 25.2 Å². The van der Waals surface area contributed by atoms with Crippen LogP contribution in [0.1, 0.15) is 23.4 Å². The largest absolute Gasteiger partial charge is 0.302 e. The molecule has 4 rings (SSSR count). The molecule has 148 valence electrons. The summed E-state index contributed by atoms with van der Waals surface area (Å²) in [7, 11) is 0. The van der Waals surface area contributed by atoms with Crippen molar-refractivity contribution in [2.75, 3.05) is 5.32 Å². The van der Waals surface area contributed by atoms with Crippen LogP contribution in [0.5, 0.6) is 0 Å². The van der Waals surface area contributed by atoms with Gasteiger partial charge in [-0.05, 0) is 38.5 Å². The van der Waals surface area contributed by atoms with Crippen LogP contribution in [0.4, 0.5) is 5.13 Å². The number of aryl methyl sites for hydroxylation is 4. The number of amides is 1. The van der Waals surface area contributed by atoms with Crippen molar-refractivity contribution in [3.05, 3.63) is 69.1 Å². The molecule has 29 heavy (non-hydrogen) atoms. The number of aromatic nitrogens is 4. The molecule has 1 aromatic carbocycles. The second-order valence-corrected chi connectivity index (χ2v) is 7.80. The second-order valence-electron chi connectivity index (χ2n) is 6.94. The quantitative estimate of drug-likeness (QED) is 0.548. The van der Waals surface area contributed by atoms with Gasteiger partial charge >= 0.3 is 0 Å². The molecule has 3 aromatic heterocycles. The lowest BCUT2D eigenvalue weighted by Crippen LogP contribution is -2.25. The number of carbonyl (C=O) groups excluding carboxylic acids is 1. The van der Waals surface area contributed by atoms with E-state index in [0.29, 0.717) is 10.8 Å². The van der Waals surface area contributed by atoms with Gasteiger partial charge in [-0.1, -0.05) is 18.2 Å². The molecule has 0 saturated carbocycles. The molecule has 1 amide bonds. The topological polar surface area (TPSA) is 81.8 Å². The van der Waals surface area contributed by atoms with Crippen molar-refractivity contribution in [2.24, 2.45) is 0 Å². The Kier molecular flexibility index (Phi) is 5.02. The minimum atomic E-state index is -0.178. The van der Waals surface area contributed by atoms with Crippen molar-refractivity contribution in [1.82, 2.24) is 19.3 Å². The fraction of sp³-hybridized carbons (Fsp3) is 0.238. The average molecular weight is 407 g/mol. The zero-order chi connectivity index (χ0) is 20.5. The van der Waals surface area contributed by atoms with Crippen LogP contribution in [-0.2, 0) is 11.3 Å². The number of pyridine rings is 1. The van der Waals surface area contributed by atoms with E-state index in [1.54, 1.807) is 15.3 Å². The normalized spacial score (nSPS) is 11.1. The number of hydrogen-bond acceptors (Lipinski definition) is 5. The summed E-state index contributed by atoms with van der Waals surface area (Å²) in [4.78, 5) is 29.4. The zero-order valence-corrected chi connectivity index (χ0v) is 17.3. The van der Waals surface area contributed by atoms with E-state index in [1.165, 1.54) is 11.3 Å². The molecular formula is C21H21N5O2S. The first-order valence-corrected chi connectivity index (χ1v) is 10.2. The number of thiazole rings is 1. The Hall–Kier alpha value is -3.26. The van der Waals surface area contributed by atoms with Crippen LogP contribution < -0.4 is 10.9 Å². The number of nitrogens with one attached hydrogen (secondary N) is 1. The van der Waals surface area contributed by atoms with Gasteiger partial charge in [-0.3, -0.25) is 14.2 Å². The summed E-state index contributed by atoms with van der Waals surface area (Å²) in [5, 5.41) is 10.8. The van der Waals surface area contributed by atoms with Crippen molar-refractivity contribution < 1.29 is 4.79 Å². The number of benzene rings is 1. The second kappa shape index (κ2) is 7.63. The van der Waals surface area contributed by atoms with Crippen LogP contribution in [0.15, 0.2) is 46.6 Å². The van der Waals surface area contributed by atoms with Crippen molar-refractivity contribution in [2.45, 2.75) is 33.7 Å². The molecule has 0 saturated heterocycles. The SMILES string of the molecule is Cc1csc(NC(=O)CCn2c(=O)cc(C)c3c(C)nn(-c4ccccc4)c32)n1. The van der Waals surface area contributed by atoms with Crippen LogP contribution in [0.25, 0.3) is 16.7 Å². The molecule has 0 radical (unpaired) electrons. The molecular weight excluding hydrogens is 386 g/mol. The predicted octanol–water partition coefficient (Wildman–Crippen LogP) is 3.60. The van der Waals surface area contributed by atoms with Gasteiger partial charge < -0.3 is 5.32 Å². The van der Waals surface area contributed by atoms with E-state index in [2.05, 4.69) is 15.4 Å². The molecule has 0 unspecified atom stereocenters. The summed E-state index contributed by atoms with van der Waals surface area (Å²) in [6.45, 7) is 5.97. The van der Waals surface area contributed by atoms with Crippen LogP contribution in [0.3, 0.4) is 0 Å². The minimum Gasteiger partial charge on any atom is -0.302 e. The van der Waals surface area contributed by atoms with Crippen molar-refractivity contribution in [1.29, 1.82) is 0 Å². The van der Waals surface area contributed by atoms with Gasteiger partial charge in [0.2, 0.25) is 5.91 Å². The molecule has 4 aromatic rings. The Labute approximate surface area is 171 Å². The molecule has 3 heterocycles. The number of hydrogen-bond donors (Lipinski definition) is 1. The summed E-state index contributed by atoms with van der Waals surface area (Å²) in [6, 6.07) is 11.3. The van der Waals surface area contributed by atoms with Gasteiger partial charge in [-0.25, -0.2) is 9.67 Å². The maximum Gasteiger partial charge on any atom is 0.252 e. The fourth-order valence-electron chi connectivity index (χ4n) is 3.44. The van der Waals surface area contributed by atoms with Gasteiger partial charge in [0.05, 0.1) is 17.1 Å². The number of fused-ring (bicyclic) bond motifs is 1. The summed E-state index contributed by atoms with van der Waals surface area (Å²) in [6.07, 6.45) is 0.162. The van der Waals surface area contributed by atoms with Gasteiger partial charge in [-0.2, -0.15) is 5.10 Å². The average Bonchev–Trinajstić information content (AvgIpc) is 3.25. The number of carbonyl (C=O) groups is 1. The molecule has 0 fully saturated rings. The molecule has 0 aliphatic heterocycles. The van der Waals surface area contributed by atoms with E-state index < -0.39 is 0 Å². The van der Waals surface area contributed by atoms with Gasteiger partial charge in [0.15, 0.2) is 5.13 Å². The lowest BCUT2D eigenvalue weighted by atomic mass is 10.1. The Morgan fingerprint density at radius 3 is 2.62 bits per heavy atom. The van der Waals surface area contributed by atoms with Crippen molar-refractivity contribution in [3.63, 3.8) is 0 Å². The third kappa shape index (κ3) is 3.71. The molecule has 8 heteroatoms. The van der Waals surface area contributed by atoms with E-state index in [0.717, 1.165) is 28.0 Å². The highest BCUT2D eigenvalue weighted by Crippen LogP contribution is 2.24. The van der Waals surface area contributed by atoms with E-state index in [1.807, 2.05) is 56.5 Å². The smallest absolute Gasteiger partial charge is 0.252 e. The van der Waals surface area contributed by atoms with Crippen LogP contribution in [0.2, 0.25) is 0 Å². The lowest BCUT2D eigenvalue weighted by Gasteiger charge is -2.12. The Morgan fingerprint density at radius 1 is 1.17 bits per heavy atom. The summed E-state index contributed by atoms with van der Waals surface area (Å²) in [5.41, 5.74) is 4.01. The number of para-hydroxylation sites is 1. The molecule has 1 N–H and O–H groups in total. The Morgan fingerprint density at radius 2 is 1.93 bits per heavy atom. The predicted molar refractivity (Wildman–Crippen MR) is 115 cm³/mol. The molecule has 0 atom stereocenters.